The lowest BCUT2D eigenvalue weighted by molar-refractivity contribution is -0.631. The number of rotatable bonds is 0. The molecule has 5 rings (SSSR count). The molecule has 1 aliphatic rings. The number of nitrogens with zero attached hydrogens (tertiary/aromatic N) is 2. The fourth-order valence-electron chi connectivity index (χ4n) is 3.22. The molecule has 0 amide bonds. The molecule has 0 saturated heterocycles. The molecule has 0 radical (unpaired) electrons. The summed E-state index contributed by atoms with van der Waals surface area (Å²) in [7, 11) is 0. The van der Waals surface area contributed by atoms with Gasteiger partial charge in [0.25, 0.3) is 5.82 Å². The van der Waals surface area contributed by atoms with Crippen molar-refractivity contribution in [2.75, 3.05) is 0 Å². The average Bonchev–Trinajstić information content (AvgIpc) is 3.12. The number of hydrogen-bond donors (Lipinski definition) is 0. The molecule has 1 aliphatic heterocycles. The number of fused-ring (bicyclic) bond motifs is 7. The first-order valence-corrected chi connectivity index (χ1v) is 7.42. The van der Waals surface area contributed by atoms with Crippen LogP contribution in [0, 0.1) is 0 Å². The van der Waals surface area contributed by atoms with E-state index in [0.717, 1.165) is 38.4 Å². The molecule has 0 spiro atoms. The zero-order valence-corrected chi connectivity index (χ0v) is 11.4. The summed E-state index contributed by atoms with van der Waals surface area (Å²) in [6, 6.07) is 16.2. The fourth-order valence-corrected chi connectivity index (χ4v) is 4.34. The summed E-state index contributed by atoms with van der Waals surface area (Å²) in [5.41, 5.74) is 3.24. The summed E-state index contributed by atoms with van der Waals surface area (Å²) in [6.07, 6.45) is 0. The summed E-state index contributed by atoms with van der Waals surface area (Å²) in [5.74, 6) is 0.799. The van der Waals surface area contributed by atoms with Crippen LogP contribution in [0.2, 0.25) is 0 Å². The number of aromatic nitrogens is 2. The highest BCUT2D eigenvalue weighted by Gasteiger charge is 2.34. The minimum absolute atomic E-state index is 0.728. The zero-order chi connectivity index (χ0) is 15.8. The largest absolute Gasteiger partial charge is 0.291 e. The van der Waals surface area contributed by atoms with Gasteiger partial charge in [0, 0.05) is 15.6 Å². The van der Waals surface area contributed by atoms with Gasteiger partial charge in [-0.25, -0.2) is 9.13 Å². The minimum Gasteiger partial charge on any atom is -0.217 e. The SMILES string of the molecule is [2H]C([2H])([2H])[n+]1c2n(c3c4ccccc4sc31)Cc1ccccc1-2. The molecule has 3 heteroatoms. The molecule has 0 atom stereocenters. The van der Waals surface area contributed by atoms with Crippen LogP contribution >= 0.6 is 11.3 Å². The summed E-state index contributed by atoms with van der Waals surface area (Å²) < 4.78 is 29.0. The van der Waals surface area contributed by atoms with E-state index >= 15 is 0 Å². The van der Waals surface area contributed by atoms with Gasteiger partial charge in [-0.2, -0.15) is 0 Å². The van der Waals surface area contributed by atoms with E-state index in [9.17, 15) is 0 Å². The number of benzene rings is 2. The van der Waals surface area contributed by atoms with Gasteiger partial charge in [0.05, 0.1) is 16.7 Å². The highest BCUT2D eigenvalue weighted by atomic mass is 32.1. The average molecular weight is 280 g/mol. The third kappa shape index (κ3) is 1.12. The third-order valence-corrected chi connectivity index (χ3v) is 5.22. The molecular weight excluding hydrogens is 264 g/mol. The Morgan fingerprint density at radius 1 is 1.15 bits per heavy atom. The maximum Gasteiger partial charge on any atom is 0.291 e. The Morgan fingerprint density at radius 3 is 2.95 bits per heavy atom. The molecule has 0 bridgehead atoms. The van der Waals surface area contributed by atoms with Crippen molar-refractivity contribution in [3.05, 3.63) is 54.1 Å². The van der Waals surface area contributed by atoms with E-state index in [0.29, 0.717) is 0 Å². The van der Waals surface area contributed by atoms with E-state index in [2.05, 4.69) is 22.8 Å². The van der Waals surface area contributed by atoms with Gasteiger partial charge in [-0.15, -0.1) is 0 Å². The van der Waals surface area contributed by atoms with E-state index < -0.39 is 6.98 Å². The van der Waals surface area contributed by atoms with E-state index in [1.54, 1.807) is 15.9 Å². The van der Waals surface area contributed by atoms with Gasteiger partial charge in [0.15, 0.2) is 5.52 Å². The Morgan fingerprint density at radius 2 is 2.00 bits per heavy atom. The van der Waals surface area contributed by atoms with Crippen LogP contribution in [-0.2, 0) is 13.5 Å². The quantitative estimate of drug-likeness (QED) is 0.382. The van der Waals surface area contributed by atoms with Crippen molar-refractivity contribution in [1.29, 1.82) is 0 Å². The molecule has 0 unspecified atom stereocenters. The molecule has 2 aromatic carbocycles. The van der Waals surface area contributed by atoms with Gasteiger partial charge in [0.2, 0.25) is 4.83 Å². The molecule has 0 fully saturated rings. The molecule has 96 valence electrons. The summed E-state index contributed by atoms with van der Waals surface area (Å²) in [6.45, 7) is -1.47. The van der Waals surface area contributed by atoms with Gasteiger partial charge < -0.3 is 0 Å². The summed E-state index contributed by atoms with van der Waals surface area (Å²) in [4.78, 5) is 0.829. The van der Waals surface area contributed by atoms with Gasteiger partial charge in [-0.05, 0) is 18.2 Å². The summed E-state index contributed by atoms with van der Waals surface area (Å²) in [5, 5.41) is 1.13. The molecule has 2 aromatic heterocycles. The first-order chi connectivity index (χ1) is 11.1. The Kier molecular flexibility index (Phi) is 1.44. The molecule has 4 aromatic rings. The van der Waals surface area contributed by atoms with Crippen LogP contribution in [0.5, 0.6) is 0 Å². The standard InChI is InChI=1S/C17H13N2S/c1-18-16-12-7-3-2-6-11(12)10-19(16)15-13-8-4-5-9-14(13)20-17(15)18/h2-9H,10H2,1H3/q+1/i1D3. The van der Waals surface area contributed by atoms with Gasteiger partial charge in [-0.3, -0.25) is 0 Å². The van der Waals surface area contributed by atoms with E-state index in [-0.39, 0.29) is 0 Å². The predicted molar refractivity (Wildman–Crippen MR) is 83.0 cm³/mol. The third-order valence-electron chi connectivity index (χ3n) is 4.08. The van der Waals surface area contributed by atoms with E-state index in [1.807, 2.05) is 30.3 Å². The number of imidazole rings is 1. The normalized spacial score (nSPS) is 15.9. The lowest BCUT2D eigenvalue weighted by Gasteiger charge is -1.93. The van der Waals surface area contributed by atoms with Crippen LogP contribution < -0.4 is 4.57 Å². The van der Waals surface area contributed by atoms with Crippen LogP contribution in [0.15, 0.2) is 48.5 Å². The molecule has 2 nitrogen and oxygen atoms in total. The van der Waals surface area contributed by atoms with Crippen molar-refractivity contribution >= 4 is 31.8 Å². The maximum absolute atomic E-state index is 8.04. The molecule has 0 aliphatic carbocycles. The van der Waals surface area contributed by atoms with Gasteiger partial charge in [0.1, 0.15) is 6.54 Å². The van der Waals surface area contributed by atoms with Crippen molar-refractivity contribution in [2.24, 2.45) is 6.98 Å². The first-order valence-electron chi connectivity index (χ1n) is 8.10. The van der Waals surface area contributed by atoms with E-state index in [4.69, 9.17) is 4.11 Å². The van der Waals surface area contributed by atoms with Crippen molar-refractivity contribution in [3.63, 3.8) is 0 Å². The van der Waals surface area contributed by atoms with Crippen LogP contribution in [0.4, 0.5) is 0 Å². The number of aryl methyl sites for hydroxylation is 1. The molecule has 0 saturated carbocycles. The smallest absolute Gasteiger partial charge is 0.217 e. The summed E-state index contributed by atoms with van der Waals surface area (Å²) >= 11 is 1.56. The molecule has 20 heavy (non-hydrogen) atoms. The topological polar surface area (TPSA) is 8.81 Å². The molecular formula is C17H13N2S+. The Balaban J connectivity index is 2.01. The highest BCUT2D eigenvalue weighted by Crippen LogP contribution is 2.39. The monoisotopic (exact) mass is 280 g/mol. The second-order valence-corrected chi connectivity index (χ2v) is 6.18. The Bertz CT molecular complexity index is 1090. The molecule has 3 heterocycles. The Hall–Kier alpha value is -2.13. The van der Waals surface area contributed by atoms with Gasteiger partial charge >= 0.3 is 0 Å². The highest BCUT2D eigenvalue weighted by molar-refractivity contribution is 7.25. The van der Waals surface area contributed by atoms with Crippen LogP contribution in [-0.4, -0.2) is 4.57 Å². The minimum atomic E-state index is -2.20. The molecule has 0 N–H and O–H groups in total. The number of hydrogen-bond acceptors (Lipinski definition) is 1. The van der Waals surface area contributed by atoms with Crippen molar-refractivity contribution < 1.29 is 8.68 Å². The van der Waals surface area contributed by atoms with Crippen molar-refractivity contribution in [1.82, 2.24) is 4.57 Å². The van der Waals surface area contributed by atoms with Crippen molar-refractivity contribution in [3.8, 4) is 11.4 Å². The lowest BCUT2D eigenvalue weighted by Crippen LogP contribution is -2.28. The number of thiophene rings is 1. The Labute approximate surface area is 124 Å². The maximum atomic E-state index is 8.04. The van der Waals surface area contributed by atoms with Crippen molar-refractivity contribution in [2.45, 2.75) is 6.54 Å². The second-order valence-electron chi connectivity index (χ2n) is 5.15. The first kappa shape index (κ1) is 8.22. The predicted octanol–water partition coefficient (Wildman–Crippen LogP) is 3.71. The van der Waals surface area contributed by atoms with Crippen LogP contribution in [0.25, 0.3) is 31.8 Å². The van der Waals surface area contributed by atoms with Crippen LogP contribution in [0.1, 0.15) is 9.68 Å². The van der Waals surface area contributed by atoms with Gasteiger partial charge in [-0.1, -0.05) is 41.7 Å². The fraction of sp³-hybridized carbons (Fsp3) is 0.118. The lowest BCUT2D eigenvalue weighted by atomic mass is 10.1. The van der Waals surface area contributed by atoms with E-state index in [1.165, 1.54) is 5.56 Å². The zero-order valence-electron chi connectivity index (χ0n) is 13.6. The second kappa shape index (κ2) is 3.49. The van der Waals surface area contributed by atoms with Crippen LogP contribution in [0.3, 0.4) is 0 Å².